The van der Waals surface area contributed by atoms with E-state index in [0.29, 0.717) is 0 Å². The number of nitrogens with one attached hydrogen (secondary N) is 1. The van der Waals surface area contributed by atoms with Crippen molar-refractivity contribution in [3.05, 3.63) is 0 Å². The number of hydrogen-bond donors (Lipinski definition) is 2. The van der Waals surface area contributed by atoms with E-state index in [1.165, 1.54) is 6.26 Å². The Kier molecular flexibility index (Phi) is 4.53. The lowest BCUT2D eigenvalue weighted by Crippen LogP contribution is -2.45. The minimum atomic E-state index is -3.15. The second kappa shape index (κ2) is 4.71. The van der Waals surface area contributed by atoms with Crippen LogP contribution in [0, 0.1) is 5.41 Å². The molecule has 0 fully saturated rings. The summed E-state index contributed by atoms with van der Waals surface area (Å²) in [4.78, 5) is 10.8. The molecule has 0 aromatic heterocycles. The van der Waals surface area contributed by atoms with Gasteiger partial charge >= 0.3 is 5.97 Å². The summed E-state index contributed by atoms with van der Waals surface area (Å²) >= 11 is 0. The maximum Gasteiger partial charge on any atom is 0.310 e. The first-order chi connectivity index (χ1) is 6.90. The Labute approximate surface area is 97.2 Å². The average Bonchev–Trinajstić information content (AvgIpc) is 2.00. The zero-order valence-corrected chi connectivity index (χ0v) is 11.3. The van der Waals surface area contributed by atoms with E-state index in [1.54, 1.807) is 27.7 Å². The monoisotopic (exact) mass is 251 g/mol. The third-order valence-corrected chi connectivity index (χ3v) is 4.85. The van der Waals surface area contributed by atoms with Crippen molar-refractivity contribution >= 4 is 15.8 Å². The molecule has 96 valence electrons. The highest BCUT2D eigenvalue weighted by molar-refractivity contribution is 7.92. The van der Waals surface area contributed by atoms with E-state index in [4.69, 9.17) is 5.11 Å². The molecule has 0 spiro atoms. The molecule has 0 rings (SSSR count). The van der Waals surface area contributed by atoms with Crippen molar-refractivity contribution in [3.63, 3.8) is 0 Å². The number of carbonyl (C=O) groups is 1. The molecule has 0 radical (unpaired) electrons. The van der Waals surface area contributed by atoms with Gasteiger partial charge in [-0.05, 0) is 27.7 Å². The minimum absolute atomic E-state index is 0.237. The number of hydrogen-bond acceptors (Lipinski definition) is 4. The summed E-state index contributed by atoms with van der Waals surface area (Å²) in [6, 6.07) is 0. The van der Waals surface area contributed by atoms with Crippen molar-refractivity contribution in [2.75, 3.05) is 19.3 Å². The fourth-order valence-corrected chi connectivity index (χ4v) is 1.25. The zero-order chi connectivity index (χ0) is 13.2. The van der Waals surface area contributed by atoms with Crippen LogP contribution in [0.4, 0.5) is 0 Å². The molecule has 0 amide bonds. The molecule has 0 saturated heterocycles. The molecule has 0 aromatic rings. The van der Waals surface area contributed by atoms with Crippen LogP contribution in [0.25, 0.3) is 0 Å². The van der Waals surface area contributed by atoms with Gasteiger partial charge in [-0.2, -0.15) is 0 Å². The zero-order valence-electron chi connectivity index (χ0n) is 10.5. The molecule has 16 heavy (non-hydrogen) atoms. The van der Waals surface area contributed by atoms with Crippen molar-refractivity contribution in [2.24, 2.45) is 5.41 Å². The molecule has 5 nitrogen and oxygen atoms in total. The highest BCUT2D eigenvalue weighted by Crippen LogP contribution is 2.16. The average molecular weight is 251 g/mol. The Morgan fingerprint density at radius 1 is 1.19 bits per heavy atom. The number of carboxylic acids is 1. The quantitative estimate of drug-likeness (QED) is 0.718. The van der Waals surface area contributed by atoms with Crippen molar-refractivity contribution in [3.8, 4) is 0 Å². The first kappa shape index (κ1) is 15.4. The van der Waals surface area contributed by atoms with Crippen LogP contribution >= 0.6 is 0 Å². The van der Waals surface area contributed by atoms with Gasteiger partial charge in [0.25, 0.3) is 0 Å². The van der Waals surface area contributed by atoms with E-state index in [1.807, 2.05) is 0 Å². The molecule has 0 aliphatic carbocycles. The van der Waals surface area contributed by atoms with Crippen LogP contribution in [0.3, 0.4) is 0 Å². The maximum absolute atomic E-state index is 11.4. The van der Waals surface area contributed by atoms with Gasteiger partial charge in [-0.1, -0.05) is 0 Å². The van der Waals surface area contributed by atoms with Gasteiger partial charge in [0.2, 0.25) is 0 Å². The van der Waals surface area contributed by atoms with E-state index in [-0.39, 0.29) is 13.1 Å². The van der Waals surface area contributed by atoms with E-state index in [0.717, 1.165) is 0 Å². The number of rotatable bonds is 6. The Balaban J connectivity index is 4.35. The molecular weight excluding hydrogens is 230 g/mol. The SMILES string of the molecule is CC(C)(CNCC(C)(C)S(C)(=O)=O)C(=O)O. The van der Waals surface area contributed by atoms with Gasteiger partial charge in [-0.25, -0.2) is 8.42 Å². The van der Waals surface area contributed by atoms with Crippen LogP contribution in [0.15, 0.2) is 0 Å². The molecule has 0 bridgehead atoms. The molecule has 0 atom stereocenters. The van der Waals surface area contributed by atoms with Crippen LogP contribution in [0.2, 0.25) is 0 Å². The molecule has 6 heteroatoms. The highest BCUT2D eigenvalue weighted by atomic mass is 32.2. The molecule has 2 N–H and O–H groups in total. The Morgan fingerprint density at radius 3 is 1.94 bits per heavy atom. The third-order valence-electron chi connectivity index (χ3n) is 2.70. The van der Waals surface area contributed by atoms with Crippen LogP contribution in [-0.4, -0.2) is 43.6 Å². The molecule has 0 aliphatic heterocycles. The predicted octanol–water partition coefficient (Wildman–Crippen LogP) is 0.510. The first-order valence-corrected chi connectivity index (χ1v) is 6.93. The summed E-state index contributed by atoms with van der Waals surface area (Å²) in [5.74, 6) is -0.905. The number of aliphatic carboxylic acids is 1. The molecular formula is C10H21NO4S. The van der Waals surface area contributed by atoms with Gasteiger partial charge < -0.3 is 10.4 Å². The standard InChI is InChI=1S/C10H21NO4S/c1-9(2,8(12)13)6-11-7-10(3,4)16(5,14)15/h11H,6-7H2,1-5H3,(H,12,13). The Bertz CT molecular complexity index is 357. The molecule has 0 aromatic carbocycles. The van der Waals surface area contributed by atoms with Crippen molar-refractivity contribution < 1.29 is 18.3 Å². The van der Waals surface area contributed by atoms with Crippen molar-refractivity contribution in [1.29, 1.82) is 0 Å². The Morgan fingerprint density at radius 2 is 1.62 bits per heavy atom. The third kappa shape index (κ3) is 4.09. The minimum Gasteiger partial charge on any atom is -0.481 e. The second-order valence-electron chi connectivity index (χ2n) is 5.32. The fraction of sp³-hybridized carbons (Fsp3) is 0.900. The summed E-state index contributed by atoms with van der Waals surface area (Å²) in [5.41, 5.74) is -0.895. The van der Waals surface area contributed by atoms with Crippen molar-refractivity contribution in [1.82, 2.24) is 5.32 Å². The second-order valence-corrected chi connectivity index (χ2v) is 7.97. The first-order valence-electron chi connectivity index (χ1n) is 5.04. The van der Waals surface area contributed by atoms with Gasteiger partial charge in [0, 0.05) is 19.3 Å². The summed E-state index contributed by atoms with van der Waals surface area (Å²) in [6.07, 6.45) is 1.18. The van der Waals surface area contributed by atoms with E-state index >= 15 is 0 Å². The molecule has 0 unspecified atom stereocenters. The van der Waals surface area contributed by atoms with Gasteiger partial charge in [0.1, 0.15) is 0 Å². The fourth-order valence-electron chi connectivity index (χ4n) is 0.883. The lowest BCUT2D eigenvalue weighted by atomic mass is 9.94. The maximum atomic E-state index is 11.4. The molecule has 0 heterocycles. The van der Waals surface area contributed by atoms with Gasteiger partial charge in [-0.15, -0.1) is 0 Å². The van der Waals surface area contributed by atoms with Gasteiger partial charge in [-0.3, -0.25) is 4.79 Å². The summed E-state index contributed by atoms with van der Waals surface area (Å²) in [6.45, 7) is 6.89. The van der Waals surface area contributed by atoms with Gasteiger partial charge in [0.15, 0.2) is 9.84 Å². The van der Waals surface area contributed by atoms with Gasteiger partial charge in [0.05, 0.1) is 10.2 Å². The Hall–Kier alpha value is -0.620. The van der Waals surface area contributed by atoms with E-state index in [9.17, 15) is 13.2 Å². The van der Waals surface area contributed by atoms with E-state index in [2.05, 4.69) is 5.32 Å². The van der Waals surface area contributed by atoms with E-state index < -0.39 is 26.0 Å². The number of sulfone groups is 1. The lowest BCUT2D eigenvalue weighted by Gasteiger charge is -2.26. The topological polar surface area (TPSA) is 83.5 Å². The number of carboxylic acid groups (broad SMARTS) is 1. The predicted molar refractivity (Wildman–Crippen MR) is 63.2 cm³/mol. The van der Waals surface area contributed by atoms with Crippen LogP contribution in [0.1, 0.15) is 27.7 Å². The smallest absolute Gasteiger partial charge is 0.310 e. The summed E-state index contributed by atoms with van der Waals surface area (Å²) in [5, 5.41) is 11.8. The molecule has 0 aliphatic rings. The normalized spacial score (nSPS) is 13.8. The van der Waals surface area contributed by atoms with Crippen LogP contribution in [-0.2, 0) is 14.6 Å². The lowest BCUT2D eigenvalue weighted by molar-refractivity contribution is -0.146. The highest BCUT2D eigenvalue weighted by Gasteiger charge is 2.32. The van der Waals surface area contributed by atoms with Crippen LogP contribution < -0.4 is 5.32 Å². The molecule has 0 saturated carbocycles. The summed E-state index contributed by atoms with van der Waals surface area (Å²) < 4.78 is 21.9. The van der Waals surface area contributed by atoms with Crippen molar-refractivity contribution in [2.45, 2.75) is 32.4 Å². The largest absolute Gasteiger partial charge is 0.481 e. The summed E-state index contributed by atoms with van der Waals surface area (Å²) in [7, 11) is -3.15. The van der Waals surface area contributed by atoms with Crippen LogP contribution in [0.5, 0.6) is 0 Å².